The van der Waals surface area contributed by atoms with Crippen LogP contribution in [0, 0.1) is 5.82 Å². The Kier molecular flexibility index (Phi) is 6.61. The van der Waals surface area contributed by atoms with Crippen LogP contribution >= 0.6 is 11.5 Å². The number of nitrogens with one attached hydrogen (secondary N) is 1. The molecule has 7 nitrogen and oxygen atoms in total. The van der Waals surface area contributed by atoms with Gasteiger partial charge in [0.05, 0.1) is 12.3 Å². The van der Waals surface area contributed by atoms with E-state index in [0.29, 0.717) is 50.6 Å². The molecule has 4 rings (SSSR count). The summed E-state index contributed by atoms with van der Waals surface area (Å²) >= 11 is 1.35. The summed E-state index contributed by atoms with van der Waals surface area (Å²) < 4.78 is 23.1. The van der Waals surface area contributed by atoms with Crippen LogP contribution in [-0.2, 0) is 6.42 Å². The smallest absolute Gasteiger partial charge is 0.322 e. The number of halogens is 1. The molecule has 0 unspecified atom stereocenters. The summed E-state index contributed by atoms with van der Waals surface area (Å²) in [7, 11) is 0. The van der Waals surface area contributed by atoms with Crippen molar-refractivity contribution in [2.75, 3.05) is 43.0 Å². The van der Waals surface area contributed by atoms with Crippen molar-refractivity contribution in [1.29, 1.82) is 0 Å². The number of aromatic nitrogens is 2. The van der Waals surface area contributed by atoms with Crippen LogP contribution in [0.5, 0.6) is 5.75 Å². The van der Waals surface area contributed by atoms with Crippen molar-refractivity contribution in [3.63, 3.8) is 0 Å². The second kappa shape index (κ2) is 9.74. The van der Waals surface area contributed by atoms with E-state index in [0.717, 1.165) is 16.5 Å². The van der Waals surface area contributed by atoms with E-state index < -0.39 is 0 Å². The van der Waals surface area contributed by atoms with Crippen LogP contribution in [0.3, 0.4) is 0 Å². The number of amides is 2. The van der Waals surface area contributed by atoms with Crippen LogP contribution in [0.1, 0.15) is 18.3 Å². The molecule has 9 heteroatoms. The fourth-order valence-corrected chi connectivity index (χ4v) is 4.11. The summed E-state index contributed by atoms with van der Waals surface area (Å²) in [6, 6.07) is 13.7. The number of hydrogen-bond donors (Lipinski definition) is 1. The van der Waals surface area contributed by atoms with E-state index in [-0.39, 0.29) is 11.8 Å². The number of para-hydroxylation sites is 2. The van der Waals surface area contributed by atoms with Crippen LogP contribution in [0.25, 0.3) is 0 Å². The minimum atomic E-state index is -0.251. The Morgan fingerprint density at radius 1 is 1.13 bits per heavy atom. The Balaban J connectivity index is 1.31. The number of piperazine rings is 1. The third-order valence-corrected chi connectivity index (χ3v) is 5.81. The van der Waals surface area contributed by atoms with Crippen molar-refractivity contribution >= 4 is 28.4 Å². The second-order valence-corrected chi connectivity index (χ2v) is 7.86. The first-order valence-corrected chi connectivity index (χ1v) is 11.0. The normalized spacial score (nSPS) is 13.9. The van der Waals surface area contributed by atoms with Gasteiger partial charge in [0.1, 0.15) is 17.4 Å². The molecule has 0 saturated carbocycles. The predicted octanol–water partition coefficient (Wildman–Crippen LogP) is 4.02. The molecule has 1 aliphatic rings. The maximum absolute atomic E-state index is 13.1. The standard InChI is InChI=1S/C22H24FN5O2S/c1-2-30-19-6-4-3-5-18(19)24-21(29)27-11-13-28(14-12-27)22-25-20(26-31-22)15-16-7-9-17(23)10-8-16/h3-10H,2,11-15H2,1H3,(H,24,29). The van der Waals surface area contributed by atoms with E-state index in [1.807, 2.05) is 31.2 Å². The first kappa shape index (κ1) is 21.0. The molecule has 0 aliphatic carbocycles. The molecule has 0 spiro atoms. The van der Waals surface area contributed by atoms with E-state index in [9.17, 15) is 9.18 Å². The molecule has 2 heterocycles. The number of hydrogen-bond acceptors (Lipinski definition) is 6. The van der Waals surface area contributed by atoms with Crippen LogP contribution in [0.2, 0.25) is 0 Å². The highest BCUT2D eigenvalue weighted by atomic mass is 32.1. The van der Waals surface area contributed by atoms with Crippen LogP contribution in [0.4, 0.5) is 20.0 Å². The summed E-state index contributed by atoms with van der Waals surface area (Å²) in [6.45, 7) is 5.01. The van der Waals surface area contributed by atoms with Gasteiger partial charge >= 0.3 is 6.03 Å². The highest BCUT2D eigenvalue weighted by Crippen LogP contribution is 2.25. The summed E-state index contributed by atoms with van der Waals surface area (Å²) in [5.74, 6) is 1.14. The van der Waals surface area contributed by atoms with Crippen LogP contribution in [0.15, 0.2) is 48.5 Å². The minimum Gasteiger partial charge on any atom is -0.492 e. The Hall–Kier alpha value is -3.20. The molecule has 0 radical (unpaired) electrons. The molecule has 1 aromatic heterocycles. The van der Waals surface area contributed by atoms with Crippen molar-refractivity contribution in [2.24, 2.45) is 0 Å². The van der Waals surface area contributed by atoms with Gasteiger partial charge in [-0.05, 0) is 36.8 Å². The third-order valence-electron chi connectivity index (χ3n) is 5.00. The third kappa shape index (κ3) is 5.29. The van der Waals surface area contributed by atoms with Gasteiger partial charge in [-0.15, -0.1) is 0 Å². The largest absolute Gasteiger partial charge is 0.492 e. The van der Waals surface area contributed by atoms with Gasteiger partial charge in [-0.2, -0.15) is 4.37 Å². The molecule has 31 heavy (non-hydrogen) atoms. The zero-order valence-corrected chi connectivity index (χ0v) is 18.1. The fourth-order valence-electron chi connectivity index (χ4n) is 3.38. The number of nitrogens with zero attached hydrogens (tertiary/aromatic N) is 4. The van der Waals surface area contributed by atoms with Crippen molar-refractivity contribution in [2.45, 2.75) is 13.3 Å². The average molecular weight is 442 g/mol. The zero-order chi connectivity index (χ0) is 21.6. The fraction of sp³-hybridized carbons (Fsp3) is 0.318. The lowest BCUT2D eigenvalue weighted by molar-refractivity contribution is 0.208. The molecule has 3 aromatic rings. The molecule has 1 N–H and O–H groups in total. The monoisotopic (exact) mass is 441 g/mol. The molecular formula is C22H24FN5O2S. The maximum atomic E-state index is 13.1. The first-order chi connectivity index (χ1) is 15.1. The van der Waals surface area contributed by atoms with Crippen molar-refractivity contribution < 1.29 is 13.9 Å². The summed E-state index contributed by atoms with van der Waals surface area (Å²) in [4.78, 5) is 21.2. The number of carbonyl (C=O) groups excluding carboxylic acids is 1. The van der Waals surface area contributed by atoms with E-state index in [2.05, 4.69) is 19.6 Å². The van der Waals surface area contributed by atoms with Gasteiger partial charge in [-0.1, -0.05) is 24.3 Å². The van der Waals surface area contributed by atoms with Gasteiger partial charge in [0.2, 0.25) is 5.13 Å². The first-order valence-electron chi connectivity index (χ1n) is 10.2. The lowest BCUT2D eigenvalue weighted by Gasteiger charge is -2.34. The minimum absolute atomic E-state index is 0.138. The molecule has 0 atom stereocenters. The number of anilines is 2. The van der Waals surface area contributed by atoms with Gasteiger partial charge in [0.25, 0.3) is 0 Å². The van der Waals surface area contributed by atoms with Gasteiger partial charge in [-0.25, -0.2) is 14.2 Å². The summed E-state index contributed by atoms with van der Waals surface area (Å²) in [5.41, 5.74) is 1.64. The Labute approximate surface area is 184 Å². The number of benzene rings is 2. The van der Waals surface area contributed by atoms with E-state index in [4.69, 9.17) is 4.74 Å². The van der Waals surface area contributed by atoms with Gasteiger partial charge in [0.15, 0.2) is 0 Å². The lowest BCUT2D eigenvalue weighted by Crippen LogP contribution is -2.50. The predicted molar refractivity (Wildman–Crippen MR) is 120 cm³/mol. The number of rotatable bonds is 6. The van der Waals surface area contributed by atoms with Crippen LogP contribution < -0.4 is 15.0 Å². The summed E-state index contributed by atoms with van der Waals surface area (Å²) in [6.07, 6.45) is 0.568. The van der Waals surface area contributed by atoms with Crippen molar-refractivity contribution in [3.05, 3.63) is 65.7 Å². The van der Waals surface area contributed by atoms with Gasteiger partial charge in [0, 0.05) is 44.1 Å². The Bertz CT molecular complexity index is 1020. The van der Waals surface area contributed by atoms with E-state index in [1.54, 1.807) is 17.0 Å². The van der Waals surface area contributed by atoms with Gasteiger partial charge < -0.3 is 19.9 Å². The second-order valence-electron chi connectivity index (χ2n) is 7.13. The van der Waals surface area contributed by atoms with Crippen molar-refractivity contribution in [3.8, 4) is 5.75 Å². The summed E-state index contributed by atoms with van der Waals surface area (Å²) in [5, 5.41) is 3.79. The average Bonchev–Trinajstić information content (AvgIpc) is 3.25. The SMILES string of the molecule is CCOc1ccccc1NC(=O)N1CCN(c2nc(Cc3ccc(F)cc3)ns2)CC1. The molecular weight excluding hydrogens is 417 g/mol. The Morgan fingerprint density at radius 2 is 1.87 bits per heavy atom. The number of carbonyl (C=O) groups is 1. The van der Waals surface area contributed by atoms with Gasteiger partial charge in [-0.3, -0.25) is 0 Å². The topological polar surface area (TPSA) is 70.6 Å². The molecule has 1 aliphatic heterocycles. The molecule has 2 amide bonds. The lowest BCUT2D eigenvalue weighted by atomic mass is 10.1. The zero-order valence-electron chi connectivity index (χ0n) is 17.3. The maximum Gasteiger partial charge on any atom is 0.322 e. The van der Waals surface area contributed by atoms with E-state index in [1.165, 1.54) is 23.7 Å². The number of ether oxygens (including phenoxy) is 1. The van der Waals surface area contributed by atoms with Crippen LogP contribution in [-0.4, -0.2) is 53.1 Å². The Morgan fingerprint density at radius 3 is 2.61 bits per heavy atom. The highest BCUT2D eigenvalue weighted by molar-refractivity contribution is 7.09. The molecule has 0 bridgehead atoms. The highest BCUT2D eigenvalue weighted by Gasteiger charge is 2.24. The molecule has 2 aromatic carbocycles. The molecule has 1 saturated heterocycles. The van der Waals surface area contributed by atoms with Crippen molar-refractivity contribution in [1.82, 2.24) is 14.3 Å². The number of urea groups is 1. The van der Waals surface area contributed by atoms with E-state index >= 15 is 0 Å². The molecule has 1 fully saturated rings. The quantitative estimate of drug-likeness (QED) is 0.626. The molecule has 162 valence electrons.